The van der Waals surface area contributed by atoms with Crippen molar-refractivity contribution < 1.29 is 4.79 Å². The van der Waals surface area contributed by atoms with E-state index < -0.39 is 0 Å². The summed E-state index contributed by atoms with van der Waals surface area (Å²) in [5.74, 6) is 0.240. The van der Waals surface area contributed by atoms with Crippen LogP contribution in [0.25, 0.3) is 0 Å². The summed E-state index contributed by atoms with van der Waals surface area (Å²) < 4.78 is 0. The topological polar surface area (TPSA) is 46.3 Å². The van der Waals surface area contributed by atoms with Crippen molar-refractivity contribution in [2.24, 2.45) is 5.73 Å². The molecule has 3 nitrogen and oxygen atoms in total. The Labute approximate surface area is 109 Å². The van der Waals surface area contributed by atoms with Crippen LogP contribution >= 0.6 is 0 Å². The molecule has 1 aromatic rings. The molecule has 0 aromatic heterocycles. The van der Waals surface area contributed by atoms with Crippen molar-refractivity contribution in [1.29, 1.82) is 0 Å². The third-order valence-corrected chi connectivity index (χ3v) is 3.72. The molecule has 0 spiro atoms. The molecule has 2 rings (SSSR count). The van der Waals surface area contributed by atoms with Crippen molar-refractivity contribution in [3.05, 3.63) is 29.3 Å². The number of amides is 1. The first-order valence-electron chi connectivity index (χ1n) is 6.86. The lowest BCUT2D eigenvalue weighted by atomic mass is 9.99. The van der Waals surface area contributed by atoms with Crippen molar-refractivity contribution in [3.63, 3.8) is 0 Å². The zero-order valence-corrected chi connectivity index (χ0v) is 11.3. The predicted molar refractivity (Wildman–Crippen MR) is 74.6 cm³/mol. The molecular weight excluding hydrogens is 224 g/mol. The fourth-order valence-corrected chi connectivity index (χ4v) is 2.58. The van der Waals surface area contributed by atoms with Crippen LogP contribution in [0.2, 0.25) is 0 Å². The first-order valence-corrected chi connectivity index (χ1v) is 6.86. The summed E-state index contributed by atoms with van der Waals surface area (Å²) >= 11 is 0. The number of hydrogen-bond acceptors (Lipinski definition) is 2. The maximum Gasteiger partial charge on any atom is 0.226 e. The molecule has 1 aromatic carbocycles. The van der Waals surface area contributed by atoms with Gasteiger partial charge in [-0.2, -0.15) is 0 Å². The second kappa shape index (κ2) is 5.53. The smallest absolute Gasteiger partial charge is 0.226 e. The minimum atomic E-state index is 0.101. The highest BCUT2D eigenvalue weighted by molar-refractivity contribution is 5.94. The minimum Gasteiger partial charge on any atom is -0.324 e. The predicted octanol–water partition coefficient (Wildman–Crippen LogP) is 2.79. The summed E-state index contributed by atoms with van der Waals surface area (Å²) in [6, 6.07) is 6.41. The van der Waals surface area contributed by atoms with Gasteiger partial charge in [-0.15, -0.1) is 0 Å². The molecule has 1 atom stereocenters. The molecule has 3 heteroatoms. The number of nitrogens with zero attached hydrogens (tertiary/aromatic N) is 1. The molecule has 2 N–H and O–H groups in total. The van der Waals surface area contributed by atoms with Crippen LogP contribution < -0.4 is 10.6 Å². The number of aryl methyl sites for hydroxylation is 1. The van der Waals surface area contributed by atoms with E-state index in [2.05, 4.69) is 25.1 Å². The van der Waals surface area contributed by atoms with E-state index in [1.165, 1.54) is 11.1 Å². The molecule has 1 heterocycles. The van der Waals surface area contributed by atoms with Crippen molar-refractivity contribution in [2.75, 3.05) is 11.4 Å². The van der Waals surface area contributed by atoms with Crippen LogP contribution in [0.15, 0.2) is 18.2 Å². The van der Waals surface area contributed by atoms with E-state index in [1.54, 1.807) is 0 Å². The lowest BCUT2D eigenvalue weighted by Gasteiger charge is -2.22. The van der Waals surface area contributed by atoms with E-state index in [4.69, 9.17) is 5.73 Å². The lowest BCUT2D eigenvalue weighted by Crippen LogP contribution is -2.29. The van der Waals surface area contributed by atoms with Crippen LogP contribution in [0, 0.1) is 0 Å². The number of hydrogen-bond donors (Lipinski definition) is 1. The van der Waals surface area contributed by atoms with Crippen LogP contribution in [0.4, 0.5) is 5.69 Å². The van der Waals surface area contributed by atoms with E-state index in [-0.39, 0.29) is 11.9 Å². The van der Waals surface area contributed by atoms with Crippen LogP contribution in [-0.2, 0) is 11.2 Å². The van der Waals surface area contributed by atoms with E-state index in [0.29, 0.717) is 6.42 Å². The molecule has 0 aliphatic carbocycles. The molecule has 0 fully saturated rings. The maximum absolute atomic E-state index is 12.0. The molecule has 1 aliphatic rings. The van der Waals surface area contributed by atoms with Crippen molar-refractivity contribution in [3.8, 4) is 0 Å². The molecule has 0 saturated carbocycles. The van der Waals surface area contributed by atoms with Crippen LogP contribution in [0.5, 0.6) is 0 Å². The van der Waals surface area contributed by atoms with Gasteiger partial charge in [0.05, 0.1) is 0 Å². The lowest BCUT2D eigenvalue weighted by molar-refractivity contribution is -0.118. The number of anilines is 1. The molecule has 1 amide bonds. The highest BCUT2D eigenvalue weighted by atomic mass is 16.2. The number of fused-ring (bicyclic) bond motifs is 1. The van der Waals surface area contributed by atoms with Gasteiger partial charge in [-0.25, -0.2) is 0 Å². The second-order valence-corrected chi connectivity index (χ2v) is 4.89. The first kappa shape index (κ1) is 13.1. The quantitative estimate of drug-likeness (QED) is 0.891. The van der Waals surface area contributed by atoms with Gasteiger partial charge in [0.25, 0.3) is 0 Å². The molecule has 1 unspecified atom stereocenters. The SMILES string of the molecule is CCC(N)c1ccc2c(c1)CCCC(=O)N2CC. The van der Waals surface area contributed by atoms with Gasteiger partial charge in [0, 0.05) is 24.7 Å². The molecule has 0 saturated heterocycles. The van der Waals surface area contributed by atoms with E-state index in [9.17, 15) is 4.79 Å². The first-order chi connectivity index (χ1) is 8.67. The standard InChI is InChI=1S/C15H22N2O/c1-3-13(16)11-8-9-14-12(10-11)6-5-7-15(18)17(14)4-2/h8-10,13H,3-7,16H2,1-2H3. The van der Waals surface area contributed by atoms with Gasteiger partial charge in [-0.3, -0.25) is 4.79 Å². The Morgan fingerprint density at radius 3 is 2.78 bits per heavy atom. The summed E-state index contributed by atoms with van der Waals surface area (Å²) in [6.07, 6.45) is 3.50. The van der Waals surface area contributed by atoms with Crippen molar-refractivity contribution in [1.82, 2.24) is 0 Å². The monoisotopic (exact) mass is 246 g/mol. The highest BCUT2D eigenvalue weighted by Gasteiger charge is 2.21. The van der Waals surface area contributed by atoms with Crippen molar-refractivity contribution in [2.45, 2.75) is 45.6 Å². The third kappa shape index (κ3) is 2.41. The average Bonchev–Trinajstić information content (AvgIpc) is 2.55. The van der Waals surface area contributed by atoms with Crippen LogP contribution in [-0.4, -0.2) is 12.5 Å². The zero-order chi connectivity index (χ0) is 13.1. The van der Waals surface area contributed by atoms with E-state index >= 15 is 0 Å². The fourth-order valence-electron chi connectivity index (χ4n) is 2.58. The van der Waals surface area contributed by atoms with Gasteiger partial charge < -0.3 is 10.6 Å². The Hall–Kier alpha value is -1.35. The number of rotatable bonds is 3. The summed E-state index contributed by atoms with van der Waals surface area (Å²) in [7, 11) is 0. The van der Waals surface area contributed by atoms with Gasteiger partial charge in [0.15, 0.2) is 0 Å². The van der Waals surface area contributed by atoms with E-state index in [1.807, 2.05) is 11.8 Å². The van der Waals surface area contributed by atoms with Gasteiger partial charge in [-0.1, -0.05) is 19.1 Å². The Balaban J connectivity index is 2.40. The maximum atomic E-state index is 12.0. The molecule has 0 bridgehead atoms. The molecule has 0 radical (unpaired) electrons. The second-order valence-electron chi connectivity index (χ2n) is 4.89. The highest BCUT2D eigenvalue weighted by Crippen LogP contribution is 2.29. The number of carbonyl (C=O) groups is 1. The van der Waals surface area contributed by atoms with Crippen molar-refractivity contribution >= 4 is 11.6 Å². The molecule has 18 heavy (non-hydrogen) atoms. The molecule has 1 aliphatic heterocycles. The Morgan fingerprint density at radius 1 is 1.33 bits per heavy atom. The molecular formula is C15H22N2O. The summed E-state index contributed by atoms with van der Waals surface area (Å²) in [4.78, 5) is 13.9. The van der Waals surface area contributed by atoms with Gasteiger partial charge in [0.1, 0.15) is 0 Å². The summed E-state index contributed by atoms with van der Waals surface area (Å²) in [5, 5.41) is 0. The molecule has 98 valence electrons. The van der Waals surface area contributed by atoms with E-state index in [0.717, 1.165) is 31.5 Å². The Morgan fingerprint density at radius 2 is 2.11 bits per heavy atom. The fraction of sp³-hybridized carbons (Fsp3) is 0.533. The number of carbonyl (C=O) groups excluding carboxylic acids is 1. The van der Waals surface area contributed by atoms with Crippen LogP contribution in [0.1, 0.15) is 50.3 Å². The number of nitrogens with two attached hydrogens (primary N) is 1. The zero-order valence-electron chi connectivity index (χ0n) is 11.3. The normalized spacial score (nSPS) is 17.3. The van der Waals surface area contributed by atoms with Crippen LogP contribution in [0.3, 0.4) is 0 Å². The van der Waals surface area contributed by atoms with Gasteiger partial charge in [0.2, 0.25) is 5.91 Å². The average molecular weight is 246 g/mol. The Bertz CT molecular complexity index is 442. The number of benzene rings is 1. The van der Waals surface area contributed by atoms with Gasteiger partial charge >= 0.3 is 0 Å². The summed E-state index contributed by atoms with van der Waals surface area (Å²) in [6.45, 7) is 4.86. The summed E-state index contributed by atoms with van der Waals surface area (Å²) in [5.41, 5.74) is 9.61. The van der Waals surface area contributed by atoms with Gasteiger partial charge in [-0.05, 0) is 43.4 Å². The largest absolute Gasteiger partial charge is 0.324 e. The minimum absolute atomic E-state index is 0.101. The third-order valence-electron chi connectivity index (χ3n) is 3.72. The Kier molecular flexibility index (Phi) is 4.02.